The van der Waals surface area contributed by atoms with Crippen LogP contribution in [-0.4, -0.2) is 23.0 Å². The lowest BCUT2D eigenvalue weighted by Gasteiger charge is -2.04. The predicted octanol–water partition coefficient (Wildman–Crippen LogP) is 3.08. The van der Waals surface area contributed by atoms with Crippen LogP contribution in [0.4, 0.5) is 0 Å². The van der Waals surface area contributed by atoms with Crippen LogP contribution in [0.3, 0.4) is 0 Å². The Labute approximate surface area is 107 Å². The number of nitrogens with zero attached hydrogens (tertiary/aromatic N) is 1. The Balaban J connectivity index is 2.26. The molecule has 0 bridgehead atoms. The van der Waals surface area contributed by atoms with Crippen LogP contribution >= 0.6 is 11.3 Å². The number of esters is 1. The summed E-state index contributed by atoms with van der Waals surface area (Å²) >= 11 is 1.53. The van der Waals surface area contributed by atoms with Crippen LogP contribution in [0.2, 0.25) is 0 Å². The number of H-pyrrole nitrogens is 1. The van der Waals surface area contributed by atoms with E-state index in [1.807, 2.05) is 23.7 Å². The van der Waals surface area contributed by atoms with E-state index in [0.717, 1.165) is 22.2 Å². The first-order chi connectivity index (χ1) is 8.79. The van der Waals surface area contributed by atoms with E-state index in [0.29, 0.717) is 5.56 Å². The van der Waals surface area contributed by atoms with Gasteiger partial charge in [0, 0.05) is 22.5 Å². The molecule has 0 aliphatic heterocycles. The molecule has 0 aliphatic carbocycles. The molecule has 0 saturated heterocycles. The number of hydrogen-bond acceptors (Lipinski definition) is 4. The zero-order valence-corrected chi connectivity index (χ0v) is 10.5. The van der Waals surface area contributed by atoms with E-state index >= 15 is 0 Å². The van der Waals surface area contributed by atoms with Gasteiger partial charge in [0.05, 0.1) is 29.4 Å². The lowest BCUT2D eigenvalue weighted by molar-refractivity contribution is 0.0603. The summed E-state index contributed by atoms with van der Waals surface area (Å²) in [5, 5.41) is 2.93. The number of benzene rings is 1. The first kappa shape index (κ1) is 11.0. The molecule has 0 amide bonds. The third-order valence-corrected chi connectivity index (χ3v) is 3.38. The van der Waals surface area contributed by atoms with Gasteiger partial charge in [-0.3, -0.25) is 0 Å². The van der Waals surface area contributed by atoms with Crippen molar-refractivity contribution in [1.29, 1.82) is 0 Å². The van der Waals surface area contributed by atoms with Gasteiger partial charge in [-0.1, -0.05) is 0 Å². The molecule has 1 N–H and O–H groups in total. The normalized spacial score (nSPS) is 10.7. The van der Waals surface area contributed by atoms with Crippen molar-refractivity contribution in [3.05, 3.63) is 40.8 Å². The van der Waals surface area contributed by atoms with Crippen molar-refractivity contribution < 1.29 is 9.53 Å². The molecule has 3 rings (SSSR count). The van der Waals surface area contributed by atoms with Crippen molar-refractivity contribution in [3.63, 3.8) is 0 Å². The molecule has 0 aliphatic rings. The van der Waals surface area contributed by atoms with Gasteiger partial charge in [0.25, 0.3) is 0 Å². The maximum atomic E-state index is 11.8. The molecule has 90 valence electrons. The van der Waals surface area contributed by atoms with Gasteiger partial charge in [0.15, 0.2) is 0 Å². The summed E-state index contributed by atoms with van der Waals surface area (Å²) < 4.78 is 4.81. The molecule has 0 atom stereocenters. The number of carbonyl (C=O) groups is 1. The minimum Gasteiger partial charge on any atom is -0.465 e. The smallest absolute Gasteiger partial charge is 0.340 e. The molecule has 2 aromatic heterocycles. The number of hydrogen-bond donors (Lipinski definition) is 1. The SMILES string of the molecule is COC(=O)c1cc(-c2cscn2)cc2cc[nH]c12. The van der Waals surface area contributed by atoms with Gasteiger partial charge >= 0.3 is 5.97 Å². The molecule has 3 aromatic rings. The lowest BCUT2D eigenvalue weighted by Crippen LogP contribution is -2.02. The van der Waals surface area contributed by atoms with Gasteiger partial charge in [-0.15, -0.1) is 11.3 Å². The molecule has 1 aromatic carbocycles. The van der Waals surface area contributed by atoms with Crippen LogP contribution in [0.25, 0.3) is 22.2 Å². The second kappa shape index (κ2) is 4.27. The summed E-state index contributed by atoms with van der Waals surface area (Å²) in [5.74, 6) is -0.348. The topological polar surface area (TPSA) is 55.0 Å². The number of nitrogens with one attached hydrogen (secondary N) is 1. The van der Waals surface area contributed by atoms with Gasteiger partial charge in [0.1, 0.15) is 0 Å². The summed E-state index contributed by atoms with van der Waals surface area (Å²) in [6.07, 6.45) is 1.81. The maximum absolute atomic E-state index is 11.8. The number of carbonyl (C=O) groups excluding carboxylic acids is 1. The van der Waals surface area contributed by atoms with Gasteiger partial charge in [-0.25, -0.2) is 9.78 Å². The first-order valence-corrected chi connectivity index (χ1v) is 6.32. The Bertz CT molecular complexity index is 701. The Morgan fingerprint density at radius 3 is 3.06 bits per heavy atom. The van der Waals surface area contributed by atoms with E-state index in [1.54, 1.807) is 11.6 Å². The third kappa shape index (κ3) is 1.69. The highest BCUT2D eigenvalue weighted by atomic mass is 32.1. The minimum absolute atomic E-state index is 0.348. The second-order valence-corrected chi connectivity index (χ2v) is 4.55. The standard InChI is InChI=1S/C13H10N2O2S/c1-17-13(16)10-5-9(11-6-18-7-15-11)4-8-2-3-14-12(8)10/h2-7,14H,1H3. The summed E-state index contributed by atoms with van der Waals surface area (Å²) in [7, 11) is 1.38. The fourth-order valence-corrected chi connectivity index (χ4v) is 2.51. The van der Waals surface area contributed by atoms with E-state index < -0.39 is 0 Å². The largest absolute Gasteiger partial charge is 0.465 e. The number of ether oxygens (including phenoxy) is 1. The number of aromatic nitrogens is 2. The molecule has 5 heteroatoms. The Morgan fingerprint density at radius 2 is 2.33 bits per heavy atom. The van der Waals surface area contributed by atoms with Gasteiger partial charge in [-0.05, 0) is 18.2 Å². The number of aromatic amines is 1. The van der Waals surface area contributed by atoms with Gasteiger partial charge in [0.2, 0.25) is 0 Å². The van der Waals surface area contributed by atoms with Crippen LogP contribution in [0.15, 0.2) is 35.3 Å². The average Bonchev–Trinajstić information content (AvgIpc) is 3.06. The average molecular weight is 258 g/mol. The van der Waals surface area contributed by atoms with Crippen molar-refractivity contribution in [2.75, 3.05) is 7.11 Å². The van der Waals surface area contributed by atoms with E-state index in [9.17, 15) is 4.79 Å². The van der Waals surface area contributed by atoms with Crippen LogP contribution in [-0.2, 0) is 4.74 Å². The van der Waals surface area contributed by atoms with Crippen molar-refractivity contribution >= 4 is 28.2 Å². The third-order valence-electron chi connectivity index (χ3n) is 2.79. The highest BCUT2D eigenvalue weighted by Crippen LogP contribution is 2.27. The molecule has 4 nitrogen and oxygen atoms in total. The molecule has 0 radical (unpaired) electrons. The zero-order chi connectivity index (χ0) is 12.5. The van der Waals surface area contributed by atoms with E-state index in [4.69, 9.17) is 4.74 Å². The zero-order valence-electron chi connectivity index (χ0n) is 9.64. The Hall–Kier alpha value is -2.14. The lowest BCUT2D eigenvalue weighted by atomic mass is 10.0. The Kier molecular flexibility index (Phi) is 2.60. The molecule has 2 heterocycles. The highest BCUT2D eigenvalue weighted by molar-refractivity contribution is 7.07. The summed E-state index contributed by atoms with van der Waals surface area (Å²) in [6.45, 7) is 0. The molecule has 0 fully saturated rings. The van der Waals surface area contributed by atoms with Crippen molar-refractivity contribution in [1.82, 2.24) is 9.97 Å². The number of methoxy groups -OCH3 is 1. The number of rotatable bonds is 2. The van der Waals surface area contributed by atoms with Crippen molar-refractivity contribution in [2.45, 2.75) is 0 Å². The summed E-state index contributed by atoms with van der Waals surface area (Å²) in [4.78, 5) is 19.1. The van der Waals surface area contributed by atoms with Gasteiger partial charge < -0.3 is 9.72 Å². The molecule has 0 unspecified atom stereocenters. The second-order valence-electron chi connectivity index (χ2n) is 3.83. The minimum atomic E-state index is -0.348. The fraction of sp³-hybridized carbons (Fsp3) is 0.0769. The quantitative estimate of drug-likeness (QED) is 0.719. The molecule has 18 heavy (non-hydrogen) atoms. The Morgan fingerprint density at radius 1 is 1.44 bits per heavy atom. The summed E-state index contributed by atoms with van der Waals surface area (Å²) in [6, 6.07) is 5.74. The predicted molar refractivity (Wildman–Crippen MR) is 70.7 cm³/mol. The monoisotopic (exact) mass is 258 g/mol. The van der Waals surface area contributed by atoms with E-state index in [-0.39, 0.29) is 5.97 Å². The van der Waals surface area contributed by atoms with Gasteiger partial charge in [-0.2, -0.15) is 0 Å². The van der Waals surface area contributed by atoms with Crippen LogP contribution in [0.1, 0.15) is 10.4 Å². The van der Waals surface area contributed by atoms with Crippen LogP contribution < -0.4 is 0 Å². The van der Waals surface area contributed by atoms with Crippen LogP contribution in [0.5, 0.6) is 0 Å². The van der Waals surface area contributed by atoms with Crippen molar-refractivity contribution in [3.8, 4) is 11.3 Å². The molecular formula is C13H10N2O2S. The summed E-state index contributed by atoms with van der Waals surface area (Å²) in [5.41, 5.74) is 4.88. The van der Waals surface area contributed by atoms with Crippen molar-refractivity contribution in [2.24, 2.45) is 0 Å². The highest BCUT2D eigenvalue weighted by Gasteiger charge is 2.14. The molecule has 0 spiro atoms. The van der Waals surface area contributed by atoms with Crippen LogP contribution in [0, 0.1) is 0 Å². The number of thiazole rings is 1. The fourth-order valence-electron chi connectivity index (χ4n) is 1.95. The molecule has 0 saturated carbocycles. The van der Waals surface area contributed by atoms with E-state index in [1.165, 1.54) is 18.4 Å². The first-order valence-electron chi connectivity index (χ1n) is 5.37. The maximum Gasteiger partial charge on any atom is 0.340 e. The molecular weight excluding hydrogens is 248 g/mol. The van der Waals surface area contributed by atoms with E-state index in [2.05, 4.69) is 9.97 Å². The number of fused-ring (bicyclic) bond motifs is 1.